The zero-order valence-corrected chi connectivity index (χ0v) is 13.9. The van der Waals surface area contributed by atoms with Crippen LogP contribution in [0.25, 0.3) is 0 Å². The van der Waals surface area contributed by atoms with E-state index in [9.17, 15) is 13.2 Å². The highest BCUT2D eigenvalue weighted by Crippen LogP contribution is 2.21. The highest BCUT2D eigenvalue weighted by atomic mass is 32.2. The quantitative estimate of drug-likeness (QED) is 0.756. The lowest BCUT2D eigenvalue weighted by atomic mass is 10.2. The Kier molecular flexibility index (Phi) is 4.59. The van der Waals surface area contributed by atoms with Gasteiger partial charge in [-0.25, -0.2) is 13.1 Å². The Morgan fingerprint density at radius 3 is 2.46 bits per heavy atom. The maximum Gasteiger partial charge on any atom is 0.273 e. The van der Waals surface area contributed by atoms with Gasteiger partial charge in [0.25, 0.3) is 15.9 Å². The summed E-state index contributed by atoms with van der Waals surface area (Å²) in [5, 5.41) is 1.63. The Labute approximate surface area is 142 Å². The van der Waals surface area contributed by atoms with Crippen LogP contribution < -0.4 is 9.46 Å². The van der Waals surface area contributed by atoms with Crippen molar-refractivity contribution in [2.45, 2.75) is 4.21 Å². The van der Waals surface area contributed by atoms with Gasteiger partial charge < -0.3 is 4.74 Å². The van der Waals surface area contributed by atoms with Crippen LogP contribution in [-0.4, -0.2) is 19.3 Å². The molecule has 2 aromatic heterocycles. The molecule has 0 fully saturated rings. The third kappa shape index (κ3) is 3.79. The Morgan fingerprint density at radius 2 is 1.83 bits per heavy atom. The third-order valence-corrected chi connectivity index (χ3v) is 5.70. The molecule has 0 saturated heterocycles. The second-order valence-corrected chi connectivity index (χ2v) is 7.54. The molecule has 8 heteroatoms. The van der Waals surface area contributed by atoms with Crippen LogP contribution in [0.3, 0.4) is 0 Å². The summed E-state index contributed by atoms with van der Waals surface area (Å²) in [5.74, 6) is 0.381. The molecule has 0 unspecified atom stereocenters. The molecule has 1 amide bonds. The van der Waals surface area contributed by atoms with Gasteiger partial charge >= 0.3 is 0 Å². The van der Waals surface area contributed by atoms with Crippen molar-refractivity contribution in [3.8, 4) is 11.5 Å². The number of pyridine rings is 1. The number of carbonyl (C=O) groups excluding carboxylic acids is 1. The molecule has 1 aromatic carbocycles. The van der Waals surface area contributed by atoms with Crippen molar-refractivity contribution in [3.05, 3.63) is 71.9 Å². The maximum absolute atomic E-state index is 12.1. The molecule has 0 radical (unpaired) electrons. The Balaban J connectivity index is 1.70. The summed E-state index contributed by atoms with van der Waals surface area (Å²) >= 11 is 1.04. The fraction of sp³-hybridized carbons (Fsp3) is 0. The van der Waals surface area contributed by atoms with Crippen molar-refractivity contribution in [3.63, 3.8) is 0 Å². The Hall–Kier alpha value is -2.71. The van der Waals surface area contributed by atoms with E-state index >= 15 is 0 Å². The summed E-state index contributed by atoms with van der Waals surface area (Å²) in [5.41, 5.74) is 0.216. The molecule has 6 nitrogen and oxygen atoms in total. The molecule has 2 heterocycles. The smallest absolute Gasteiger partial charge is 0.273 e. The number of nitrogens with one attached hydrogen (secondary N) is 1. The summed E-state index contributed by atoms with van der Waals surface area (Å²) in [4.78, 5) is 16.0. The van der Waals surface area contributed by atoms with Crippen LogP contribution in [0, 0.1) is 0 Å². The summed E-state index contributed by atoms with van der Waals surface area (Å²) < 4.78 is 31.8. The number of hydrogen-bond donors (Lipinski definition) is 1. The molecule has 0 spiro atoms. The second kappa shape index (κ2) is 6.81. The van der Waals surface area contributed by atoms with E-state index in [4.69, 9.17) is 4.74 Å². The molecule has 0 saturated carbocycles. The van der Waals surface area contributed by atoms with Gasteiger partial charge in [0.2, 0.25) is 0 Å². The number of hydrogen-bond acceptors (Lipinski definition) is 6. The van der Waals surface area contributed by atoms with E-state index in [0.29, 0.717) is 11.5 Å². The molecular formula is C16H12N2O4S2. The van der Waals surface area contributed by atoms with Crippen LogP contribution in [0.1, 0.15) is 10.4 Å². The summed E-state index contributed by atoms with van der Waals surface area (Å²) in [6, 6.07) is 12.7. The lowest BCUT2D eigenvalue weighted by Crippen LogP contribution is -2.29. The zero-order valence-electron chi connectivity index (χ0n) is 12.2. The number of thiophene rings is 1. The van der Waals surface area contributed by atoms with Gasteiger partial charge in [-0.15, -0.1) is 11.3 Å². The summed E-state index contributed by atoms with van der Waals surface area (Å²) in [6.45, 7) is 0. The van der Waals surface area contributed by atoms with Crippen LogP contribution in [0.5, 0.6) is 11.5 Å². The number of amides is 1. The SMILES string of the molecule is O=C(NS(=O)(=O)c1cccs1)c1ccc(Oc2cccnc2)cc1. The van der Waals surface area contributed by atoms with Crippen LogP contribution >= 0.6 is 11.3 Å². The van der Waals surface area contributed by atoms with Gasteiger partial charge in [0.05, 0.1) is 6.20 Å². The van der Waals surface area contributed by atoms with Crippen LogP contribution in [0.4, 0.5) is 0 Å². The largest absolute Gasteiger partial charge is 0.456 e. The molecule has 0 aliphatic rings. The van der Waals surface area contributed by atoms with Crippen LogP contribution in [-0.2, 0) is 10.0 Å². The van der Waals surface area contributed by atoms with Crippen molar-refractivity contribution >= 4 is 27.3 Å². The van der Waals surface area contributed by atoms with E-state index in [2.05, 4.69) is 4.98 Å². The number of aromatic nitrogens is 1. The van der Waals surface area contributed by atoms with Crippen molar-refractivity contribution in [1.29, 1.82) is 0 Å². The molecule has 24 heavy (non-hydrogen) atoms. The van der Waals surface area contributed by atoms with E-state index < -0.39 is 15.9 Å². The van der Waals surface area contributed by atoms with E-state index in [1.54, 1.807) is 48.1 Å². The number of benzene rings is 1. The third-order valence-electron chi connectivity index (χ3n) is 2.97. The van der Waals surface area contributed by atoms with E-state index in [1.165, 1.54) is 18.2 Å². The van der Waals surface area contributed by atoms with Gasteiger partial charge in [-0.05, 0) is 47.8 Å². The molecule has 122 valence electrons. The van der Waals surface area contributed by atoms with Gasteiger partial charge in [0.1, 0.15) is 15.7 Å². The van der Waals surface area contributed by atoms with Gasteiger partial charge in [-0.3, -0.25) is 9.78 Å². The maximum atomic E-state index is 12.1. The first kappa shape index (κ1) is 16.2. The van der Waals surface area contributed by atoms with Gasteiger partial charge in [-0.1, -0.05) is 6.07 Å². The van der Waals surface area contributed by atoms with Gasteiger partial charge in [-0.2, -0.15) is 0 Å². The zero-order chi connectivity index (χ0) is 17.0. The first-order chi connectivity index (χ1) is 11.5. The predicted octanol–water partition coefficient (Wildman–Crippen LogP) is 3.05. The molecular weight excluding hydrogens is 348 g/mol. The van der Waals surface area contributed by atoms with Crippen molar-refractivity contribution in [2.75, 3.05) is 0 Å². The molecule has 3 aromatic rings. The first-order valence-electron chi connectivity index (χ1n) is 6.83. The lowest BCUT2D eigenvalue weighted by molar-refractivity contribution is 0.0981. The van der Waals surface area contributed by atoms with Crippen molar-refractivity contribution in [1.82, 2.24) is 9.71 Å². The Bertz CT molecular complexity index is 922. The number of nitrogens with zero attached hydrogens (tertiary/aromatic N) is 1. The molecule has 0 bridgehead atoms. The Morgan fingerprint density at radius 1 is 1.04 bits per heavy atom. The minimum atomic E-state index is -3.84. The van der Waals surface area contributed by atoms with E-state index in [1.807, 2.05) is 4.72 Å². The standard InChI is InChI=1S/C16H12N2O4S2/c19-16(18-24(20,21)15-4-2-10-23-15)12-5-7-13(8-6-12)22-14-3-1-9-17-11-14/h1-11H,(H,18,19). The molecule has 0 aliphatic carbocycles. The average molecular weight is 360 g/mol. The summed E-state index contributed by atoms with van der Waals surface area (Å²) in [7, 11) is -3.84. The molecule has 3 rings (SSSR count). The lowest BCUT2D eigenvalue weighted by Gasteiger charge is -2.07. The fourth-order valence-corrected chi connectivity index (χ4v) is 3.83. The number of sulfonamides is 1. The predicted molar refractivity (Wildman–Crippen MR) is 89.7 cm³/mol. The monoisotopic (exact) mass is 360 g/mol. The fourth-order valence-electron chi connectivity index (χ4n) is 1.87. The minimum Gasteiger partial charge on any atom is -0.456 e. The summed E-state index contributed by atoms with van der Waals surface area (Å²) in [6.07, 6.45) is 3.20. The molecule has 1 N–H and O–H groups in total. The first-order valence-corrected chi connectivity index (χ1v) is 9.19. The number of rotatable bonds is 5. The average Bonchev–Trinajstić information content (AvgIpc) is 3.11. The highest BCUT2D eigenvalue weighted by Gasteiger charge is 2.19. The van der Waals surface area contributed by atoms with Crippen LogP contribution in [0.15, 0.2) is 70.5 Å². The second-order valence-electron chi connectivity index (χ2n) is 4.68. The van der Waals surface area contributed by atoms with Gasteiger partial charge in [0.15, 0.2) is 0 Å². The highest BCUT2D eigenvalue weighted by molar-refractivity contribution is 7.92. The normalized spacial score (nSPS) is 11.0. The minimum absolute atomic E-state index is 0.0902. The van der Waals surface area contributed by atoms with E-state index in [0.717, 1.165) is 11.3 Å². The number of carbonyl (C=O) groups is 1. The molecule has 0 atom stereocenters. The van der Waals surface area contributed by atoms with Crippen molar-refractivity contribution < 1.29 is 17.9 Å². The topological polar surface area (TPSA) is 85.4 Å². The van der Waals surface area contributed by atoms with Crippen LogP contribution in [0.2, 0.25) is 0 Å². The van der Waals surface area contributed by atoms with Gasteiger partial charge in [0, 0.05) is 11.8 Å². The van der Waals surface area contributed by atoms with Crippen molar-refractivity contribution in [2.24, 2.45) is 0 Å². The number of ether oxygens (including phenoxy) is 1. The molecule has 0 aliphatic heterocycles. The van der Waals surface area contributed by atoms with E-state index in [-0.39, 0.29) is 9.77 Å².